The highest BCUT2D eigenvalue weighted by Gasteiger charge is 2.27. The van der Waals surface area contributed by atoms with Crippen LogP contribution in [0.2, 0.25) is 0 Å². The maximum atomic E-state index is 14.0. The molecule has 1 aromatic heterocycles. The summed E-state index contributed by atoms with van der Waals surface area (Å²) in [5, 5.41) is 9.16. The summed E-state index contributed by atoms with van der Waals surface area (Å²) >= 11 is 0. The molecule has 6 nitrogen and oxygen atoms in total. The summed E-state index contributed by atoms with van der Waals surface area (Å²) < 4.78 is 24.9. The molecule has 0 spiro atoms. The van der Waals surface area contributed by atoms with E-state index < -0.39 is 17.7 Å². The largest absolute Gasteiger partial charge is 0.491 e. The van der Waals surface area contributed by atoms with Crippen LogP contribution in [0.3, 0.4) is 0 Å². The van der Waals surface area contributed by atoms with Gasteiger partial charge in [0.1, 0.15) is 29.5 Å². The molecule has 1 N–H and O–H groups in total. The van der Waals surface area contributed by atoms with E-state index in [1.807, 2.05) is 0 Å². The van der Waals surface area contributed by atoms with Crippen LogP contribution >= 0.6 is 0 Å². The molecule has 3 rings (SSSR count). The zero-order valence-electron chi connectivity index (χ0n) is 13.0. The first-order chi connectivity index (χ1) is 11.5. The van der Waals surface area contributed by atoms with Crippen molar-refractivity contribution in [3.63, 3.8) is 0 Å². The van der Waals surface area contributed by atoms with Gasteiger partial charge in [0.15, 0.2) is 5.76 Å². The predicted octanol–water partition coefficient (Wildman–Crippen LogP) is 2.71. The van der Waals surface area contributed by atoms with Crippen molar-refractivity contribution in [3.8, 4) is 5.75 Å². The second kappa shape index (κ2) is 6.35. The summed E-state index contributed by atoms with van der Waals surface area (Å²) in [6.45, 7) is 2.24. The minimum absolute atomic E-state index is 0.0292. The van der Waals surface area contributed by atoms with E-state index in [4.69, 9.17) is 14.3 Å². The number of ether oxygens (including phenoxy) is 1. The number of aryl methyl sites for hydroxylation is 1. The molecular weight excluding hydrogens is 317 g/mol. The van der Waals surface area contributed by atoms with Crippen molar-refractivity contribution in [1.29, 1.82) is 0 Å². The van der Waals surface area contributed by atoms with Gasteiger partial charge in [-0.3, -0.25) is 4.79 Å². The van der Waals surface area contributed by atoms with Crippen LogP contribution in [0.15, 0.2) is 28.7 Å². The maximum absolute atomic E-state index is 14.0. The summed E-state index contributed by atoms with van der Waals surface area (Å²) in [7, 11) is 0. The summed E-state index contributed by atoms with van der Waals surface area (Å²) in [5.41, 5.74) is 0.266. The molecule has 0 atom stereocenters. The van der Waals surface area contributed by atoms with Crippen molar-refractivity contribution in [2.24, 2.45) is 0 Å². The Bertz CT molecular complexity index is 798. The number of carboxylic acids is 1. The van der Waals surface area contributed by atoms with Crippen LogP contribution in [0.1, 0.15) is 39.2 Å². The number of benzene rings is 1. The molecule has 1 aromatic carbocycles. The Morgan fingerprint density at radius 3 is 2.83 bits per heavy atom. The van der Waals surface area contributed by atoms with Gasteiger partial charge in [0.25, 0.3) is 5.91 Å². The van der Waals surface area contributed by atoms with E-state index in [1.54, 1.807) is 19.1 Å². The molecule has 0 unspecified atom stereocenters. The van der Waals surface area contributed by atoms with Gasteiger partial charge in [-0.1, -0.05) is 13.0 Å². The van der Waals surface area contributed by atoms with E-state index in [-0.39, 0.29) is 36.8 Å². The van der Waals surface area contributed by atoms with Crippen LogP contribution in [0.4, 0.5) is 4.39 Å². The van der Waals surface area contributed by atoms with Gasteiger partial charge in [0.2, 0.25) is 0 Å². The van der Waals surface area contributed by atoms with Crippen molar-refractivity contribution < 1.29 is 28.2 Å². The second-order valence-corrected chi connectivity index (χ2v) is 5.40. The van der Waals surface area contributed by atoms with Crippen LogP contribution < -0.4 is 4.74 Å². The average molecular weight is 333 g/mol. The van der Waals surface area contributed by atoms with Crippen LogP contribution in [0, 0.1) is 5.82 Å². The smallest absolute Gasteiger partial charge is 0.339 e. The lowest BCUT2D eigenvalue weighted by Crippen LogP contribution is -2.32. The van der Waals surface area contributed by atoms with E-state index in [1.165, 1.54) is 17.0 Å². The van der Waals surface area contributed by atoms with Gasteiger partial charge in [-0.15, -0.1) is 0 Å². The molecule has 0 aliphatic carbocycles. The fourth-order valence-electron chi connectivity index (χ4n) is 2.67. The zero-order valence-corrected chi connectivity index (χ0v) is 13.0. The van der Waals surface area contributed by atoms with Crippen molar-refractivity contribution in [2.45, 2.75) is 19.9 Å². The lowest BCUT2D eigenvalue weighted by molar-refractivity contribution is 0.0686. The normalized spacial score (nSPS) is 13.8. The van der Waals surface area contributed by atoms with Crippen LogP contribution in [0.25, 0.3) is 0 Å². The minimum atomic E-state index is -1.15. The highest BCUT2D eigenvalue weighted by atomic mass is 19.1. The van der Waals surface area contributed by atoms with Crippen molar-refractivity contribution in [2.75, 3.05) is 13.2 Å². The lowest BCUT2D eigenvalue weighted by atomic mass is 10.1. The van der Waals surface area contributed by atoms with E-state index in [0.29, 0.717) is 17.7 Å². The number of aromatic carboxylic acids is 1. The molecule has 1 aliphatic heterocycles. The number of fused-ring (bicyclic) bond motifs is 1. The number of hydrogen-bond acceptors (Lipinski definition) is 4. The second-order valence-electron chi connectivity index (χ2n) is 5.40. The Morgan fingerprint density at radius 1 is 1.38 bits per heavy atom. The van der Waals surface area contributed by atoms with Crippen LogP contribution in [-0.4, -0.2) is 35.0 Å². The van der Waals surface area contributed by atoms with Gasteiger partial charge in [-0.25, -0.2) is 9.18 Å². The summed E-state index contributed by atoms with van der Waals surface area (Å²) in [6.07, 6.45) is 0.357. The first kappa shape index (κ1) is 16.0. The number of carboxylic acid groups (broad SMARTS) is 1. The van der Waals surface area contributed by atoms with E-state index in [9.17, 15) is 14.0 Å². The Hall–Kier alpha value is -2.83. The maximum Gasteiger partial charge on any atom is 0.339 e. The van der Waals surface area contributed by atoms with E-state index in [2.05, 4.69) is 0 Å². The topological polar surface area (TPSA) is 80.0 Å². The standard InChI is InChI=1S/C17H16FNO5/c1-2-13-10(17(21)22)8-15(24-13)16(20)19-6-7-23-14-5-3-4-12(18)11(14)9-19/h3-5,8H,2,6-7,9H2,1H3,(H,21,22). The lowest BCUT2D eigenvalue weighted by Gasteiger charge is -2.18. The Kier molecular flexibility index (Phi) is 4.24. The van der Waals surface area contributed by atoms with Crippen LogP contribution in [-0.2, 0) is 13.0 Å². The van der Waals surface area contributed by atoms with E-state index >= 15 is 0 Å². The first-order valence-corrected chi connectivity index (χ1v) is 7.56. The van der Waals surface area contributed by atoms with Gasteiger partial charge in [0, 0.05) is 18.1 Å². The summed E-state index contributed by atoms with van der Waals surface area (Å²) in [4.78, 5) is 25.2. The number of carbonyl (C=O) groups is 2. The summed E-state index contributed by atoms with van der Waals surface area (Å²) in [6, 6.07) is 5.72. The molecule has 0 fully saturated rings. The van der Waals surface area contributed by atoms with Crippen molar-refractivity contribution in [3.05, 3.63) is 52.7 Å². The fourth-order valence-corrected chi connectivity index (χ4v) is 2.67. The van der Waals surface area contributed by atoms with E-state index in [0.717, 1.165) is 0 Å². The third-order valence-electron chi connectivity index (χ3n) is 3.90. The molecule has 24 heavy (non-hydrogen) atoms. The monoisotopic (exact) mass is 333 g/mol. The predicted molar refractivity (Wildman–Crippen MR) is 81.7 cm³/mol. The number of carbonyl (C=O) groups excluding carboxylic acids is 1. The van der Waals surface area contributed by atoms with Gasteiger partial charge < -0.3 is 19.2 Å². The number of hydrogen-bond donors (Lipinski definition) is 1. The number of furan rings is 1. The van der Waals surface area contributed by atoms with Crippen molar-refractivity contribution >= 4 is 11.9 Å². The quantitative estimate of drug-likeness (QED) is 0.934. The molecule has 1 amide bonds. The van der Waals surface area contributed by atoms with Crippen molar-refractivity contribution in [1.82, 2.24) is 4.90 Å². The van der Waals surface area contributed by atoms with Gasteiger partial charge in [-0.05, 0) is 12.1 Å². The minimum Gasteiger partial charge on any atom is -0.491 e. The average Bonchev–Trinajstić information content (AvgIpc) is 2.88. The molecule has 1 aliphatic rings. The molecule has 0 saturated heterocycles. The molecular formula is C17H16FNO5. The number of halogens is 1. The SMILES string of the molecule is CCc1oc(C(=O)N2CCOc3cccc(F)c3C2)cc1C(=O)O. The molecule has 0 saturated carbocycles. The molecule has 2 heterocycles. The first-order valence-electron chi connectivity index (χ1n) is 7.56. The summed E-state index contributed by atoms with van der Waals surface area (Å²) in [5.74, 6) is -1.51. The molecule has 0 radical (unpaired) electrons. The third kappa shape index (κ3) is 2.84. The number of nitrogens with zero attached hydrogens (tertiary/aromatic N) is 1. The van der Waals surface area contributed by atoms with Gasteiger partial charge in [-0.2, -0.15) is 0 Å². The molecule has 7 heteroatoms. The zero-order chi connectivity index (χ0) is 17.3. The molecule has 2 aromatic rings. The third-order valence-corrected chi connectivity index (χ3v) is 3.90. The number of rotatable bonds is 3. The Morgan fingerprint density at radius 2 is 2.17 bits per heavy atom. The molecule has 126 valence electrons. The van der Waals surface area contributed by atoms with Gasteiger partial charge in [0.05, 0.1) is 13.1 Å². The Balaban J connectivity index is 1.90. The molecule has 0 bridgehead atoms. The van der Waals surface area contributed by atoms with Gasteiger partial charge >= 0.3 is 5.97 Å². The fraction of sp³-hybridized carbons (Fsp3) is 0.294. The Labute approximate surface area is 137 Å². The highest BCUT2D eigenvalue weighted by Crippen LogP contribution is 2.27. The highest BCUT2D eigenvalue weighted by molar-refractivity contribution is 5.96. The number of amides is 1. The van der Waals surface area contributed by atoms with Crippen LogP contribution in [0.5, 0.6) is 5.75 Å².